The second kappa shape index (κ2) is 8.65. The highest BCUT2D eigenvalue weighted by molar-refractivity contribution is 5.90. The molecule has 0 aromatic heterocycles. The van der Waals surface area contributed by atoms with Crippen LogP contribution in [0.3, 0.4) is 0 Å². The van der Waals surface area contributed by atoms with Crippen molar-refractivity contribution >= 4 is 11.8 Å². The van der Waals surface area contributed by atoms with Crippen LogP contribution >= 0.6 is 0 Å². The Hall–Kier alpha value is -2.53. The van der Waals surface area contributed by atoms with E-state index in [0.29, 0.717) is 6.54 Å². The van der Waals surface area contributed by atoms with Crippen LogP contribution in [0.25, 0.3) is 0 Å². The summed E-state index contributed by atoms with van der Waals surface area (Å²) in [5.74, 6) is 1.49. The van der Waals surface area contributed by atoms with Crippen molar-refractivity contribution in [3.05, 3.63) is 60.2 Å². The number of benzene rings is 2. The van der Waals surface area contributed by atoms with Crippen LogP contribution in [0, 0.1) is 5.92 Å². The molecule has 2 aliphatic heterocycles. The van der Waals surface area contributed by atoms with Gasteiger partial charge < -0.3 is 9.47 Å². The number of anilines is 1. The van der Waals surface area contributed by atoms with E-state index in [1.54, 1.807) is 12.0 Å². The Kier molecular flexibility index (Phi) is 5.81. The Morgan fingerprint density at radius 2 is 1.86 bits per heavy atom. The van der Waals surface area contributed by atoms with Crippen LogP contribution in [0.1, 0.15) is 18.4 Å². The summed E-state index contributed by atoms with van der Waals surface area (Å²) in [6, 6.07) is 18.3. The first-order chi connectivity index (χ1) is 13.7. The molecular formula is C23H28N2O3. The zero-order valence-corrected chi connectivity index (χ0v) is 16.4. The zero-order chi connectivity index (χ0) is 19.3. The number of methoxy groups -OCH3 is 1. The van der Waals surface area contributed by atoms with Crippen molar-refractivity contribution < 1.29 is 14.3 Å². The van der Waals surface area contributed by atoms with E-state index in [0.717, 1.165) is 43.4 Å². The van der Waals surface area contributed by atoms with Crippen LogP contribution in [-0.4, -0.2) is 50.4 Å². The largest absolute Gasteiger partial charge is 0.497 e. The third-order valence-electron chi connectivity index (χ3n) is 5.78. The number of rotatable bonds is 6. The molecule has 2 aromatic carbocycles. The molecule has 0 aliphatic carbocycles. The number of hydrogen-bond donors (Lipinski definition) is 0. The van der Waals surface area contributed by atoms with E-state index < -0.39 is 0 Å². The molecule has 2 heterocycles. The summed E-state index contributed by atoms with van der Waals surface area (Å²) in [6.45, 7) is 3.55. The Morgan fingerprint density at radius 1 is 1.07 bits per heavy atom. The molecule has 5 heteroatoms. The Bertz CT molecular complexity index is 787. The Morgan fingerprint density at radius 3 is 2.61 bits per heavy atom. The van der Waals surface area contributed by atoms with Gasteiger partial charge in [-0.15, -0.1) is 0 Å². The number of carbonyl (C=O) groups excluding carboxylic acids is 1. The van der Waals surface area contributed by atoms with Crippen molar-refractivity contribution in [3.63, 3.8) is 0 Å². The van der Waals surface area contributed by atoms with E-state index >= 15 is 0 Å². The Balaban J connectivity index is 1.27. The summed E-state index contributed by atoms with van der Waals surface area (Å²) >= 11 is 0. The van der Waals surface area contributed by atoms with Crippen molar-refractivity contribution in [2.45, 2.75) is 25.4 Å². The molecule has 1 amide bonds. The smallest absolute Gasteiger partial charge is 0.414 e. The maximum Gasteiger partial charge on any atom is 0.414 e. The zero-order valence-electron chi connectivity index (χ0n) is 16.4. The summed E-state index contributed by atoms with van der Waals surface area (Å²) in [4.78, 5) is 16.5. The highest BCUT2D eigenvalue weighted by Crippen LogP contribution is 2.27. The van der Waals surface area contributed by atoms with Gasteiger partial charge in [-0.1, -0.05) is 36.4 Å². The lowest BCUT2D eigenvalue weighted by Gasteiger charge is -2.33. The minimum atomic E-state index is -0.266. The molecule has 5 nitrogen and oxygen atoms in total. The quantitative estimate of drug-likeness (QED) is 0.760. The monoisotopic (exact) mass is 380 g/mol. The van der Waals surface area contributed by atoms with Gasteiger partial charge in [-0.25, -0.2) is 4.79 Å². The van der Waals surface area contributed by atoms with Crippen molar-refractivity contribution in [3.8, 4) is 5.75 Å². The predicted molar refractivity (Wildman–Crippen MR) is 110 cm³/mol. The summed E-state index contributed by atoms with van der Waals surface area (Å²) in [5, 5.41) is 0. The molecule has 148 valence electrons. The van der Waals surface area contributed by atoms with Crippen LogP contribution in [0.15, 0.2) is 54.6 Å². The van der Waals surface area contributed by atoms with E-state index in [4.69, 9.17) is 9.47 Å². The van der Waals surface area contributed by atoms with Gasteiger partial charge in [0.15, 0.2) is 0 Å². The number of piperidine rings is 1. The van der Waals surface area contributed by atoms with Gasteiger partial charge in [-0.05, 0) is 56.0 Å². The molecule has 1 atom stereocenters. The third kappa shape index (κ3) is 4.47. The fourth-order valence-electron chi connectivity index (χ4n) is 4.21. The maximum atomic E-state index is 12.3. The highest BCUT2D eigenvalue weighted by atomic mass is 16.6. The molecular weight excluding hydrogens is 352 g/mol. The van der Waals surface area contributed by atoms with Crippen LogP contribution < -0.4 is 9.64 Å². The summed E-state index contributed by atoms with van der Waals surface area (Å²) < 4.78 is 10.9. The van der Waals surface area contributed by atoms with Crippen molar-refractivity contribution in [2.75, 3.05) is 38.2 Å². The number of likely N-dealkylation sites (tertiary alicyclic amines) is 1. The molecule has 0 spiro atoms. The lowest BCUT2D eigenvalue weighted by molar-refractivity contribution is 0.0914. The first-order valence-corrected chi connectivity index (χ1v) is 10.1. The van der Waals surface area contributed by atoms with Gasteiger partial charge in [0.05, 0.1) is 19.3 Å². The molecule has 2 saturated heterocycles. The summed E-state index contributed by atoms with van der Waals surface area (Å²) in [7, 11) is 1.63. The van der Waals surface area contributed by atoms with Gasteiger partial charge in [0.2, 0.25) is 0 Å². The first kappa shape index (κ1) is 18.8. The van der Waals surface area contributed by atoms with E-state index in [9.17, 15) is 4.79 Å². The van der Waals surface area contributed by atoms with E-state index in [-0.39, 0.29) is 12.2 Å². The van der Waals surface area contributed by atoms with E-state index in [2.05, 4.69) is 35.2 Å². The van der Waals surface area contributed by atoms with Gasteiger partial charge in [-0.2, -0.15) is 0 Å². The van der Waals surface area contributed by atoms with E-state index in [1.165, 1.54) is 18.4 Å². The molecule has 0 bridgehead atoms. The fraction of sp³-hybridized carbons (Fsp3) is 0.435. The maximum absolute atomic E-state index is 12.3. The van der Waals surface area contributed by atoms with Crippen molar-refractivity contribution in [1.29, 1.82) is 0 Å². The standard InChI is InChI=1S/C23H28N2O3/c1-27-21-9-5-8-20(15-21)25-17-22(28-23(25)26)16-24-12-10-19(11-13-24)14-18-6-3-2-4-7-18/h2-9,15,19,22H,10-14,16-17H2,1H3. The average molecular weight is 380 g/mol. The average Bonchev–Trinajstić information content (AvgIpc) is 3.10. The molecule has 2 aromatic rings. The number of carbonyl (C=O) groups is 1. The molecule has 4 rings (SSSR count). The van der Waals surface area contributed by atoms with Gasteiger partial charge in [0, 0.05) is 12.6 Å². The number of cyclic esters (lactones) is 1. The van der Waals surface area contributed by atoms with Crippen molar-refractivity contribution in [2.24, 2.45) is 5.92 Å². The number of ether oxygens (including phenoxy) is 2. The van der Waals surface area contributed by atoms with Gasteiger partial charge in [0.25, 0.3) is 0 Å². The first-order valence-electron chi connectivity index (χ1n) is 10.1. The SMILES string of the molecule is COc1cccc(N2CC(CN3CCC(Cc4ccccc4)CC3)OC2=O)c1. The molecule has 0 radical (unpaired) electrons. The number of nitrogens with zero attached hydrogens (tertiary/aromatic N) is 2. The minimum absolute atomic E-state index is 0.0793. The van der Waals surface area contributed by atoms with Gasteiger partial charge in [0.1, 0.15) is 11.9 Å². The fourth-order valence-corrected chi connectivity index (χ4v) is 4.21. The van der Waals surface area contributed by atoms with Crippen LogP contribution in [0.4, 0.5) is 10.5 Å². The van der Waals surface area contributed by atoms with Gasteiger partial charge in [-0.3, -0.25) is 9.80 Å². The number of hydrogen-bond acceptors (Lipinski definition) is 4. The highest BCUT2D eigenvalue weighted by Gasteiger charge is 2.34. The molecule has 1 unspecified atom stereocenters. The lowest BCUT2D eigenvalue weighted by atomic mass is 9.90. The second-order valence-electron chi connectivity index (χ2n) is 7.75. The van der Waals surface area contributed by atoms with Crippen LogP contribution in [0.2, 0.25) is 0 Å². The predicted octanol–water partition coefficient (Wildman–Crippen LogP) is 3.98. The lowest BCUT2D eigenvalue weighted by Crippen LogP contribution is -2.40. The minimum Gasteiger partial charge on any atom is -0.497 e. The molecule has 2 aliphatic rings. The van der Waals surface area contributed by atoms with Crippen molar-refractivity contribution in [1.82, 2.24) is 4.90 Å². The number of amides is 1. The normalized spacial score (nSPS) is 21.0. The molecule has 2 fully saturated rings. The Labute approximate surface area is 166 Å². The van der Waals surface area contributed by atoms with Crippen LogP contribution in [-0.2, 0) is 11.2 Å². The van der Waals surface area contributed by atoms with E-state index in [1.807, 2.05) is 24.3 Å². The molecule has 28 heavy (non-hydrogen) atoms. The molecule has 0 N–H and O–H groups in total. The topological polar surface area (TPSA) is 42.0 Å². The molecule has 0 saturated carbocycles. The van der Waals surface area contributed by atoms with Crippen LogP contribution in [0.5, 0.6) is 5.75 Å². The summed E-state index contributed by atoms with van der Waals surface area (Å²) in [6.07, 6.45) is 3.22. The third-order valence-corrected chi connectivity index (χ3v) is 5.78. The second-order valence-corrected chi connectivity index (χ2v) is 7.75. The summed E-state index contributed by atoms with van der Waals surface area (Å²) in [5.41, 5.74) is 2.26. The van der Waals surface area contributed by atoms with Gasteiger partial charge >= 0.3 is 6.09 Å².